The molecule has 6 nitrogen and oxygen atoms in total. The number of nitriles is 1. The first kappa shape index (κ1) is 10.8. The Kier molecular flexibility index (Phi) is 2.76. The van der Waals surface area contributed by atoms with Crippen molar-refractivity contribution < 1.29 is 4.79 Å². The van der Waals surface area contributed by atoms with Crippen LogP contribution in [0.5, 0.6) is 0 Å². The number of amides is 1. The Labute approximate surface area is 86.9 Å². The number of pyridine rings is 1. The van der Waals surface area contributed by atoms with Gasteiger partial charge in [-0.15, -0.1) is 0 Å². The van der Waals surface area contributed by atoms with Crippen molar-refractivity contribution in [1.82, 2.24) is 4.98 Å². The summed E-state index contributed by atoms with van der Waals surface area (Å²) < 4.78 is 0. The number of hydrogen-bond acceptors (Lipinski definition) is 5. The Morgan fingerprint density at radius 3 is 2.60 bits per heavy atom. The van der Waals surface area contributed by atoms with Crippen molar-refractivity contribution in [3.8, 4) is 6.07 Å². The molecule has 0 saturated carbocycles. The second-order valence-electron chi connectivity index (χ2n) is 3.05. The van der Waals surface area contributed by atoms with Crippen LogP contribution in [0.1, 0.15) is 18.1 Å². The number of hydrogen-bond donors (Lipinski definition) is 3. The van der Waals surface area contributed by atoms with Gasteiger partial charge in [-0.1, -0.05) is 0 Å². The molecule has 0 aliphatic heterocycles. The second kappa shape index (κ2) is 3.84. The number of nitrogens with zero attached hydrogens (tertiary/aromatic N) is 2. The Hall–Kier alpha value is -2.29. The van der Waals surface area contributed by atoms with Gasteiger partial charge in [0.2, 0.25) is 5.91 Å². The van der Waals surface area contributed by atoms with Gasteiger partial charge in [0.15, 0.2) is 5.82 Å². The second-order valence-corrected chi connectivity index (χ2v) is 3.05. The molecule has 0 aliphatic carbocycles. The number of anilines is 3. The van der Waals surface area contributed by atoms with Gasteiger partial charge < -0.3 is 16.8 Å². The molecule has 0 saturated heterocycles. The minimum Gasteiger partial charge on any atom is -0.395 e. The SMILES string of the molecule is CC(=O)Nc1nc(N)c(C#N)c(C)c1N. The number of carbonyl (C=O) groups excluding carboxylic acids is 1. The Morgan fingerprint density at radius 2 is 2.13 bits per heavy atom. The predicted octanol–water partition coefficient (Wildman–Crippen LogP) is 0.384. The molecule has 0 aliphatic rings. The summed E-state index contributed by atoms with van der Waals surface area (Å²) in [6, 6.07) is 1.90. The molecule has 1 rings (SSSR count). The van der Waals surface area contributed by atoms with Crippen LogP contribution in [0.3, 0.4) is 0 Å². The van der Waals surface area contributed by atoms with Gasteiger partial charge in [0.25, 0.3) is 0 Å². The maximum absolute atomic E-state index is 10.8. The fraction of sp³-hybridized carbons (Fsp3) is 0.222. The third-order valence-electron chi connectivity index (χ3n) is 1.93. The normalized spacial score (nSPS) is 9.40. The molecule has 0 radical (unpaired) electrons. The maximum Gasteiger partial charge on any atom is 0.222 e. The third kappa shape index (κ3) is 1.96. The van der Waals surface area contributed by atoms with Crippen LogP contribution in [0, 0.1) is 18.3 Å². The smallest absolute Gasteiger partial charge is 0.222 e. The molecule has 0 spiro atoms. The molecule has 1 amide bonds. The topological polar surface area (TPSA) is 118 Å². The third-order valence-corrected chi connectivity index (χ3v) is 1.93. The van der Waals surface area contributed by atoms with Gasteiger partial charge in [-0.05, 0) is 12.5 Å². The van der Waals surface area contributed by atoms with Crippen LogP contribution in [-0.4, -0.2) is 10.9 Å². The van der Waals surface area contributed by atoms with Crippen LogP contribution in [0.25, 0.3) is 0 Å². The zero-order chi connectivity index (χ0) is 11.6. The van der Waals surface area contributed by atoms with Crippen LogP contribution >= 0.6 is 0 Å². The van der Waals surface area contributed by atoms with Crippen molar-refractivity contribution in [3.63, 3.8) is 0 Å². The average molecular weight is 205 g/mol. The van der Waals surface area contributed by atoms with E-state index in [2.05, 4.69) is 10.3 Å². The van der Waals surface area contributed by atoms with E-state index < -0.39 is 0 Å². The van der Waals surface area contributed by atoms with Crippen LogP contribution in [0.4, 0.5) is 17.3 Å². The molecule has 0 aromatic carbocycles. The molecule has 1 aromatic rings. The summed E-state index contributed by atoms with van der Waals surface area (Å²) in [4.78, 5) is 14.7. The van der Waals surface area contributed by atoms with Gasteiger partial charge in [0.1, 0.15) is 11.9 Å². The number of rotatable bonds is 1. The van der Waals surface area contributed by atoms with Crippen molar-refractivity contribution in [2.24, 2.45) is 0 Å². The highest BCUT2D eigenvalue weighted by atomic mass is 16.1. The minimum atomic E-state index is -0.294. The molecular formula is C9H11N5O. The zero-order valence-electron chi connectivity index (χ0n) is 8.46. The predicted molar refractivity (Wildman–Crippen MR) is 56.8 cm³/mol. The van der Waals surface area contributed by atoms with Gasteiger partial charge in [0, 0.05) is 6.92 Å². The van der Waals surface area contributed by atoms with Gasteiger partial charge in [-0.25, -0.2) is 4.98 Å². The van der Waals surface area contributed by atoms with Crippen molar-refractivity contribution in [3.05, 3.63) is 11.1 Å². The lowest BCUT2D eigenvalue weighted by atomic mass is 10.1. The number of carbonyl (C=O) groups is 1. The molecule has 0 bridgehead atoms. The number of nitrogens with two attached hydrogens (primary N) is 2. The molecule has 1 aromatic heterocycles. The molecular weight excluding hydrogens is 194 g/mol. The van der Waals surface area contributed by atoms with E-state index in [4.69, 9.17) is 16.7 Å². The maximum atomic E-state index is 10.8. The van der Waals surface area contributed by atoms with Crippen molar-refractivity contribution in [2.45, 2.75) is 13.8 Å². The largest absolute Gasteiger partial charge is 0.395 e. The Bertz CT molecular complexity index is 461. The Morgan fingerprint density at radius 1 is 1.53 bits per heavy atom. The summed E-state index contributed by atoms with van der Waals surface area (Å²) >= 11 is 0. The number of aromatic nitrogens is 1. The van der Waals surface area contributed by atoms with Crippen molar-refractivity contribution in [1.29, 1.82) is 5.26 Å². The van der Waals surface area contributed by atoms with E-state index in [1.807, 2.05) is 6.07 Å². The van der Waals surface area contributed by atoms with E-state index in [0.717, 1.165) is 0 Å². The summed E-state index contributed by atoms with van der Waals surface area (Å²) in [5, 5.41) is 11.2. The lowest BCUT2D eigenvalue weighted by Crippen LogP contribution is -2.13. The van der Waals surface area contributed by atoms with Crippen LogP contribution in [0.2, 0.25) is 0 Å². The van der Waals surface area contributed by atoms with E-state index in [1.165, 1.54) is 6.92 Å². The lowest BCUT2D eigenvalue weighted by Gasteiger charge is -2.10. The summed E-state index contributed by atoms with van der Waals surface area (Å²) in [5.74, 6) is -0.0397. The van der Waals surface area contributed by atoms with Crippen LogP contribution in [0.15, 0.2) is 0 Å². The van der Waals surface area contributed by atoms with E-state index in [9.17, 15) is 4.79 Å². The van der Waals surface area contributed by atoms with Crippen molar-refractivity contribution >= 4 is 23.2 Å². The summed E-state index contributed by atoms with van der Waals surface area (Å²) in [7, 11) is 0. The first-order chi connectivity index (χ1) is 6.97. The summed E-state index contributed by atoms with van der Waals surface area (Å²) in [6.07, 6.45) is 0. The Balaban J connectivity index is 3.35. The fourth-order valence-electron chi connectivity index (χ4n) is 1.14. The monoisotopic (exact) mass is 205 g/mol. The zero-order valence-corrected chi connectivity index (χ0v) is 8.46. The molecule has 78 valence electrons. The molecule has 15 heavy (non-hydrogen) atoms. The molecule has 0 unspecified atom stereocenters. The van der Waals surface area contributed by atoms with Gasteiger partial charge in [0.05, 0.1) is 11.3 Å². The molecule has 0 fully saturated rings. The van der Waals surface area contributed by atoms with Gasteiger partial charge in [-0.2, -0.15) is 5.26 Å². The highest BCUT2D eigenvalue weighted by molar-refractivity contribution is 5.92. The first-order valence-electron chi connectivity index (χ1n) is 4.20. The van der Waals surface area contributed by atoms with E-state index in [1.54, 1.807) is 6.92 Å². The summed E-state index contributed by atoms with van der Waals surface area (Å²) in [5.41, 5.74) is 12.2. The van der Waals surface area contributed by atoms with Crippen molar-refractivity contribution in [2.75, 3.05) is 16.8 Å². The van der Waals surface area contributed by atoms with Crippen LogP contribution < -0.4 is 16.8 Å². The highest BCUT2D eigenvalue weighted by Gasteiger charge is 2.13. The number of nitrogens with one attached hydrogen (secondary N) is 1. The summed E-state index contributed by atoms with van der Waals surface area (Å²) in [6.45, 7) is 2.99. The molecule has 6 heteroatoms. The quantitative estimate of drug-likeness (QED) is 0.612. The molecule has 0 atom stereocenters. The molecule has 1 heterocycles. The van der Waals surface area contributed by atoms with Gasteiger partial charge in [-0.3, -0.25) is 4.79 Å². The lowest BCUT2D eigenvalue weighted by molar-refractivity contribution is -0.114. The van der Waals surface area contributed by atoms with Gasteiger partial charge >= 0.3 is 0 Å². The van der Waals surface area contributed by atoms with E-state index >= 15 is 0 Å². The average Bonchev–Trinajstić information content (AvgIpc) is 2.14. The molecule has 5 N–H and O–H groups in total. The standard InChI is InChI=1S/C9H11N5O/c1-4-6(3-10)8(12)14-9(7(4)11)13-5(2)15/h11H2,1-2H3,(H3,12,13,14,15). The number of nitrogen functional groups attached to an aromatic ring is 2. The minimum absolute atomic E-state index is 0.0629. The van der Waals surface area contributed by atoms with E-state index in [-0.39, 0.29) is 28.8 Å². The van der Waals surface area contributed by atoms with E-state index in [0.29, 0.717) is 5.56 Å². The first-order valence-corrected chi connectivity index (χ1v) is 4.20. The highest BCUT2D eigenvalue weighted by Crippen LogP contribution is 2.26. The van der Waals surface area contributed by atoms with Crippen LogP contribution in [-0.2, 0) is 4.79 Å². The fourth-order valence-corrected chi connectivity index (χ4v) is 1.14.